The molecule has 6 rings (SSSR count). The van der Waals surface area contributed by atoms with Crippen molar-refractivity contribution in [2.45, 2.75) is 0 Å². The highest BCUT2D eigenvalue weighted by Gasteiger charge is 2.17. The minimum Gasteiger partial charge on any atom is -0.497 e. The molecule has 0 aromatic heterocycles. The predicted octanol–water partition coefficient (Wildman–Crippen LogP) is 6.34. The van der Waals surface area contributed by atoms with Gasteiger partial charge in [0.15, 0.2) is 0 Å². The van der Waals surface area contributed by atoms with Crippen molar-refractivity contribution >= 4 is 53.9 Å². The molecule has 0 aliphatic carbocycles. The first-order valence-corrected chi connectivity index (χ1v) is 8.24. The normalized spacial score (nSPS) is 12.4. The number of ether oxygens (including phenoxy) is 1. The number of hydrogen-bond donors (Lipinski definition) is 0. The molecule has 0 bridgehead atoms. The first kappa shape index (κ1) is 12.4. The van der Waals surface area contributed by atoms with Gasteiger partial charge in [-0.3, -0.25) is 0 Å². The van der Waals surface area contributed by atoms with Gasteiger partial charge in [-0.25, -0.2) is 0 Å². The Morgan fingerprint density at radius 3 is 1.79 bits per heavy atom. The molecule has 0 aliphatic heterocycles. The third-order valence-electron chi connectivity index (χ3n) is 5.42. The fourth-order valence-electron chi connectivity index (χ4n) is 4.40. The van der Waals surface area contributed by atoms with Crippen LogP contribution in [-0.2, 0) is 0 Å². The molecule has 0 spiro atoms. The second kappa shape index (κ2) is 4.07. The van der Waals surface area contributed by atoms with Crippen LogP contribution in [0, 0.1) is 0 Å². The second-order valence-corrected chi connectivity index (χ2v) is 6.57. The van der Waals surface area contributed by atoms with E-state index in [0.29, 0.717) is 0 Å². The molecule has 6 aromatic rings. The van der Waals surface area contributed by atoms with Gasteiger partial charge in [-0.2, -0.15) is 0 Å². The Morgan fingerprint density at radius 1 is 0.542 bits per heavy atom. The van der Waals surface area contributed by atoms with Gasteiger partial charge in [-0.1, -0.05) is 54.6 Å². The zero-order chi connectivity index (χ0) is 15.8. The average molecular weight is 306 g/mol. The zero-order valence-electron chi connectivity index (χ0n) is 13.3. The lowest BCUT2D eigenvalue weighted by atomic mass is 9.86. The van der Waals surface area contributed by atoms with Crippen molar-refractivity contribution in [2.24, 2.45) is 0 Å². The monoisotopic (exact) mass is 306 g/mol. The summed E-state index contributed by atoms with van der Waals surface area (Å²) in [6.45, 7) is 0. The number of hydrogen-bond acceptors (Lipinski definition) is 1. The SMILES string of the molecule is COc1cc2ccc3ccc4ccc5cccc6c(c1)c2c3c4c56. The highest BCUT2D eigenvalue weighted by Crippen LogP contribution is 2.45. The van der Waals surface area contributed by atoms with E-state index in [1.54, 1.807) is 7.11 Å². The van der Waals surface area contributed by atoms with E-state index < -0.39 is 0 Å². The molecule has 0 atom stereocenters. The van der Waals surface area contributed by atoms with Gasteiger partial charge in [-0.05, 0) is 66.0 Å². The van der Waals surface area contributed by atoms with Crippen LogP contribution >= 0.6 is 0 Å². The molecule has 112 valence electrons. The summed E-state index contributed by atoms with van der Waals surface area (Å²) in [6.07, 6.45) is 0. The molecule has 6 aromatic carbocycles. The van der Waals surface area contributed by atoms with E-state index in [-0.39, 0.29) is 0 Å². The maximum absolute atomic E-state index is 5.57. The molecule has 0 aliphatic rings. The molecule has 0 fully saturated rings. The van der Waals surface area contributed by atoms with Crippen molar-refractivity contribution in [3.63, 3.8) is 0 Å². The summed E-state index contributed by atoms with van der Waals surface area (Å²) in [5.74, 6) is 0.917. The quantitative estimate of drug-likeness (QED) is 0.254. The molecule has 1 heteroatoms. The number of fused-ring (bicyclic) bond motifs is 1. The molecule has 0 heterocycles. The molecular formula is C23H14O. The minimum absolute atomic E-state index is 0.917. The van der Waals surface area contributed by atoms with E-state index in [0.717, 1.165) is 5.75 Å². The van der Waals surface area contributed by atoms with E-state index in [1.165, 1.54) is 53.9 Å². The second-order valence-electron chi connectivity index (χ2n) is 6.57. The summed E-state index contributed by atoms with van der Waals surface area (Å²) in [5.41, 5.74) is 0. The summed E-state index contributed by atoms with van der Waals surface area (Å²) in [4.78, 5) is 0. The Morgan fingerprint density at radius 2 is 1.12 bits per heavy atom. The first-order valence-electron chi connectivity index (χ1n) is 8.24. The predicted molar refractivity (Wildman–Crippen MR) is 103 cm³/mol. The van der Waals surface area contributed by atoms with Crippen LogP contribution in [0.2, 0.25) is 0 Å². The molecule has 0 saturated heterocycles. The summed E-state index contributed by atoms with van der Waals surface area (Å²) < 4.78 is 5.57. The number of benzene rings is 6. The topological polar surface area (TPSA) is 9.23 Å². The number of methoxy groups -OCH3 is 1. The third-order valence-corrected chi connectivity index (χ3v) is 5.42. The fraction of sp³-hybridized carbons (Fsp3) is 0.0435. The van der Waals surface area contributed by atoms with Crippen LogP contribution in [0.25, 0.3) is 53.9 Å². The molecule has 0 saturated carbocycles. The lowest BCUT2D eigenvalue weighted by Gasteiger charge is -2.18. The van der Waals surface area contributed by atoms with Crippen LogP contribution in [0.15, 0.2) is 66.7 Å². The van der Waals surface area contributed by atoms with Crippen molar-refractivity contribution in [1.82, 2.24) is 0 Å². The van der Waals surface area contributed by atoms with E-state index in [4.69, 9.17) is 4.74 Å². The standard InChI is InChI=1S/C23H14O/c1-24-17-11-16-10-9-15-8-7-14-6-5-13-3-2-4-18-19(12-17)21(16)23(15)22(14)20(13)18/h2-12H,1H3. The van der Waals surface area contributed by atoms with Crippen molar-refractivity contribution in [3.8, 4) is 5.75 Å². The summed E-state index contributed by atoms with van der Waals surface area (Å²) in [7, 11) is 1.74. The Hall–Kier alpha value is -3.06. The molecule has 24 heavy (non-hydrogen) atoms. The van der Waals surface area contributed by atoms with Crippen molar-refractivity contribution in [1.29, 1.82) is 0 Å². The highest BCUT2D eigenvalue weighted by molar-refractivity contribution is 6.39. The summed E-state index contributed by atoms with van der Waals surface area (Å²) in [5, 5.41) is 13.3. The minimum atomic E-state index is 0.917. The smallest absolute Gasteiger partial charge is 0.120 e. The van der Waals surface area contributed by atoms with Crippen LogP contribution in [-0.4, -0.2) is 7.11 Å². The summed E-state index contributed by atoms with van der Waals surface area (Å²) >= 11 is 0. The molecule has 0 N–H and O–H groups in total. The van der Waals surface area contributed by atoms with Crippen LogP contribution < -0.4 is 4.74 Å². The Kier molecular flexibility index (Phi) is 2.10. The van der Waals surface area contributed by atoms with E-state index in [2.05, 4.69) is 66.7 Å². The van der Waals surface area contributed by atoms with Crippen LogP contribution in [0.4, 0.5) is 0 Å². The maximum atomic E-state index is 5.57. The largest absolute Gasteiger partial charge is 0.497 e. The van der Waals surface area contributed by atoms with Gasteiger partial charge >= 0.3 is 0 Å². The van der Waals surface area contributed by atoms with Crippen LogP contribution in [0.3, 0.4) is 0 Å². The van der Waals surface area contributed by atoms with Gasteiger partial charge in [0.25, 0.3) is 0 Å². The molecule has 0 amide bonds. The molecular weight excluding hydrogens is 292 g/mol. The van der Waals surface area contributed by atoms with Crippen LogP contribution in [0.5, 0.6) is 5.75 Å². The van der Waals surface area contributed by atoms with Gasteiger partial charge in [0, 0.05) is 0 Å². The Bertz CT molecular complexity index is 1370. The molecule has 1 nitrogen and oxygen atoms in total. The molecule has 0 unspecified atom stereocenters. The van der Waals surface area contributed by atoms with Crippen LogP contribution in [0.1, 0.15) is 0 Å². The van der Waals surface area contributed by atoms with Gasteiger partial charge in [0.2, 0.25) is 0 Å². The lowest BCUT2D eigenvalue weighted by Crippen LogP contribution is -1.91. The third kappa shape index (κ3) is 1.32. The van der Waals surface area contributed by atoms with E-state index in [9.17, 15) is 0 Å². The van der Waals surface area contributed by atoms with Crippen molar-refractivity contribution in [2.75, 3.05) is 7.11 Å². The average Bonchev–Trinajstić information content (AvgIpc) is 2.65. The van der Waals surface area contributed by atoms with Gasteiger partial charge in [0.1, 0.15) is 5.75 Å². The van der Waals surface area contributed by atoms with Crippen molar-refractivity contribution in [3.05, 3.63) is 66.7 Å². The van der Waals surface area contributed by atoms with Gasteiger partial charge in [0.05, 0.1) is 7.11 Å². The van der Waals surface area contributed by atoms with E-state index in [1.807, 2.05) is 0 Å². The zero-order valence-corrected chi connectivity index (χ0v) is 13.3. The van der Waals surface area contributed by atoms with Crippen molar-refractivity contribution < 1.29 is 4.74 Å². The van der Waals surface area contributed by atoms with Gasteiger partial charge in [-0.15, -0.1) is 0 Å². The maximum Gasteiger partial charge on any atom is 0.120 e. The lowest BCUT2D eigenvalue weighted by molar-refractivity contribution is 0.416. The number of rotatable bonds is 1. The summed E-state index contributed by atoms with van der Waals surface area (Å²) in [6, 6.07) is 24.3. The Balaban J connectivity index is 2.12. The first-order chi connectivity index (χ1) is 11.8. The molecule has 0 radical (unpaired) electrons. The van der Waals surface area contributed by atoms with E-state index >= 15 is 0 Å². The Labute approximate surface area is 138 Å². The highest BCUT2D eigenvalue weighted by atomic mass is 16.5. The fourth-order valence-corrected chi connectivity index (χ4v) is 4.40. The van der Waals surface area contributed by atoms with Gasteiger partial charge < -0.3 is 4.74 Å².